The molecular formula is C25H24N2. The molecule has 0 amide bonds. The van der Waals surface area contributed by atoms with Crippen molar-refractivity contribution in [3.8, 4) is 33.6 Å². The molecule has 0 fully saturated rings. The molecule has 0 radical (unpaired) electrons. The van der Waals surface area contributed by atoms with Crippen molar-refractivity contribution < 1.29 is 0 Å². The smallest absolute Gasteiger partial charge is 0.0496 e. The molecule has 2 heterocycles. The number of aryl methyl sites for hydroxylation is 2. The van der Waals surface area contributed by atoms with Crippen LogP contribution in [0.15, 0.2) is 60.9 Å². The Morgan fingerprint density at radius 3 is 2.15 bits per heavy atom. The highest BCUT2D eigenvalue weighted by Crippen LogP contribution is 2.46. The zero-order valence-electron chi connectivity index (χ0n) is 15.9. The molecule has 2 N–H and O–H groups in total. The maximum Gasteiger partial charge on any atom is 0.0496 e. The van der Waals surface area contributed by atoms with Crippen molar-refractivity contribution in [3.63, 3.8) is 0 Å². The lowest BCUT2D eigenvalue weighted by Crippen LogP contribution is -1.97. The van der Waals surface area contributed by atoms with Crippen molar-refractivity contribution in [2.45, 2.75) is 33.1 Å². The van der Waals surface area contributed by atoms with Crippen LogP contribution in [0.2, 0.25) is 0 Å². The van der Waals surface area contributed by atoms with E-state index in [-0.39, 0.29) is 0 Å². The summed E-state index contributed by atoms with van der Waals surface area (Å²) >= 11 is 0. The van der Waals surface area contributed by atoms with Gasteiger partial charge in [0.15, 0.2) is 0 Å². The van der Waals surface area contributed by atoms with Gasteiger partial charge in [-0.2, -0.15) is 0 Å². The third-order valence-corrected chi connectivity index (χ3v) is 5.94. The van der Waals surface area contributed by atoms with Gasteiger partial charge in [-0.15, -0.1) is 0 Å². The van der Waals surface area contributed by atoms with Gasteiger partial charge in [0.2, 0.25) is 0 Å². The van der Waals surface area contributed by atoms with Crippen LogP contribution in [-0.4, -0.2) is 9.97 Å². The Balaban J connectivity index is 1.83. The van der Waals surface area contributed by atoms with Gasteiger partial charge in [0.1, 0.15) is 0 Å². The molecule has 0 saturated heterocycles. The summed E-state index contributed by atoms with van der Waals surface area (Å²) in [7, 11) is 0. The molecule has 0 unspecified atom stereocenters. The number of hydrogen-bond donors (Lipinski definition) is 2. The highest BCUT2D eigenvalue weighted by Gasteiger charge is 2.26. The lowest BCUT2D eigenvalue weighted by molar-refractivity contribution is 1.13. The van der Waals surface area contributed by atoms with Crippen molar-refractivity contribution in [2.24, 2.45) is 0 Å². The largest absolute Gasteiger partial charge is 0.361 e. The van der Waals surface area contributed by atoms with Crippen LogP contribution in [0.1, 0.15) is 36.1 Å². The maximum absolute atomic E-state index is 3.56. The van der Waals surface area contributed by atoms with E-state index in [2.05, 4.69) is 84.7 Å². The topological polar surface area (TPSA) is 31.6 Å². The van der Waals surface area contributed by atoms with E-state index in [1.54, 1.807) is 0 Å². The van der Waals surface area contributed by atoms with Gasteiger partial charge >= 0.3 is 0 Å². The average molecular weight is 352 g/mol. The van der Waals surface area contributed by atoms with Crippen LogP contribution in [0, 0.1) is 0 Å². The number of rotatable bonds is 4. The Labute approximate surface area is 160 Å². The molecular weight excluding hydrogens is 328 g/mol. The average Bonchev–Trinajstić information content (AvgIpc) is 3.43. The summed E-state index contributed by atoms with van der Waals surface area (Å²) in [5.74, 6) is 0. The molecule has 2 aromatic heterocycles. The fraction of sp³-hybridized carbons (Fsp3) is 0.200. The predicted octanol–water partition coefficient (Wildman–Crippen LogP) is 6.37. The standard InChI is InChI=1S/C25H24N2/c1-3-16-11-13-26-24(16)21-10-9-20-19-8-6-5-7-18(19)15-22(20)23(21)25-17(4-2)12-14-27-25/h5-14,26-27H,3-4,15H2,1-2H3. The fourth-order valence-electron chi connectivity index (χ4n) is 4.58. The molecule has 0 aliphatic heterocycles. The second kappa shape index (κ2) is 6.31. The number of fused-ring (bicyclic) bond motifs is 3. The van der Waals surface area contributed by atoms with Gasteiger partial charge in [0.05, 0.1) is 0 Å². The monoisotopic (exact) mass is 352 g/mol. The van der Waals surface area contributed by atoms with Gasteiger partial charge in [-0.3, -0.25) is 0 Å². The van der Waals surface area contributed by atoms with Crippen molar-refractivity contribution in [2.75, 3.05) is 0 Å². The van der Waals surface area contributed by atoms with Crippen LogP contribution in [0.5, 0.6) is 0 Å². The van der Waals surface area contributed by atoms with Gasteiger partial charge in [0.25, 0.3) is 0 Å². The number of aromatic amines is 2. The Morgan fingerprint density at radius 2 is 1.37 bits per heavy atom. The Bertz CT molecular complexity index is 1130. The summed E-state index contributed by atoms with van der Waals surface area (Å²) in [6.45, 7) is 4.46. The molecule has 134 valence electrons. The summed E-state index contributed by atoms with van der Waals surface area (Å²) in [6.07, 6.45) is 7.20. The van der Waals surface area contributed by atoms with Crippen LogP contribution in [-0.2, 0) is 19.3 Å². The lowest BCUT2D eigenvalue weighted by atomic mass is 9.89. The first-order valence-corrected chi connectivity index (χ1v) is 9.89. The maximum atomic E-state index is 3.56. The molecule has 0 saturated carbocycles. The molecule has 0 atom stereocenters. The van der Waals surface area contributed by atoms with E-state index in [1.807, 2.05) is 0 Å². The van der Waals surface area contributed by atoms with Crippen LogP contribution < -0.4 is 0 Å². The molecule has 4 aromatic rings. The molecule has 0 spiro atoms. The van der Waals surface area contributed by atoms with Gasteiger partial charge in [-0.25, -0.2) is 0 Å². The highest BCUT2D eigenvalue weighted by atomic mass is 14.7. The second-order valence-corrected chi connectivity index (χ2v) is 7.31. The molecule has 5 rings (SSSR count). The fourth-order valence-corrected chi connectivity index (χ4v) is 4.58. The lowest BCUT2D eigenvalue weighted by Gasteiger charge is -2.16. The molecule has 2 nitrogen and oxygen atoms in total. The molecule has 1 aliphatic rings. The van der Waals surface area contributed by atoms with Crippen LogP contribution >= 0.6 is 0 Å². The molecule has 0 bridgehead atoms. The van der Waals surface area contributed by atoms with E-state index in [0.29, 0.717) is 0 Å². The molecule has 27 heavy (non-hydrogen) atoms. The summed E-state index contributed by atoms with van der Waals surface area (Å²) in [6, 6.07) is 17.9. The van der Waals surface area contributed by atoms with E-state index < -0.39 is 0 Å². The van der Waals surface area contributed by atoms with Crippen molar-refractivity contribution in [1.82, 2.24) is 9.97 Å². The third kappa shape index (κ3) is 2.40. The Hall–Kier alpha value is -3.00. The molecule has 1 aliphatic carbocycles. The number of nitrogens with one attached hydrogen (secondary N) is 2. The zero-order chi connectivity index (χ0) is 18.4. The van der Waals surface area contributed by atoms with E-state index in [0.717, 1.165) is 19.3 Å². The van der Waals surface area contributed by atoms with Gasteiger partial charge in [0, 0.05) is 34.9 Å². The highest BCUT2D eigenvalue weighted by molar-refractivity contribution is 5.93. The minimum atomic E-state index is 0.999. The van der Waals surface area contributed by atoms with Crippen LogP contribution in [0.4, 0.5) is 0 Å². The van der Waals surface area contributed by atoms with Crippen LogP contribution in [0.25, 0.3) is 33.6 Å². The second-order valence-electron chi connectivity index (χ2n) is 7.31. The first kappa shape index (κ1) is 16.2. The van der Waals surface area contributed by atoms with E-state index in [9.17, 15) is 0 Å². The summed E-state index contributed by atoms with van der Waals surface area (Å²) in [5, 5.41) is 0. The predicted molar refractivity (Wildman–Crippen MR) is 113 cm³/mol. The molecule has 2 heteroatoms. The normalized spacial score (nSPS) is 12.2. The number of benzene rings is 2. The Kier molecular flexibility index (Phi) is 3.78. The first-order valence-electron chi connectivity index (χ1n) is 9.89. The van der Waals surface area contributed by atoms with Crippen molar-refractivity contribution in [3.05, 3.63) is 83.2 Å². The van der Waals surface area contributed by atoms with Gasteiger partial charge in [-0.05, 0) is 64.8 Å². The number of aromatic nitrogens is 2. The third-order valence-electron chi connectivity index (χ3n) is 5.94. The zero-order valence-corrected chi connectivity index (χ0v) is 15.9. The van der Waals surface area contributed by atoms with E-state index >= 15 is 0 Å². The molecule has 2 aromatic carbocycles. The first-order chi connectivity index (χ1) is 13.3. The summed E-state index contributed by atoms with van der Waals surface area (Å²) in [4.78, 5) is 7.07. The van der Waals surface area contributed by atoms with E-state index in [4.69, 9.17) is 0 Å². The Morgan fingerprint density at radius 1 is 0.704 bits per heavy atom. The minimum absolute atomic E-state index is 0.999. The van der Waals surface area contributed by atoms with Crippen molar-refractivity contribution >= 4 is 0 Å². The minimum Gasteiger partial charge on any atom is -0.361 e. The number of H-pyrrole nitrogens is 2. The van der Waals surface area contributed by atoms with E-state index in [1.165, 1.54) is 55.9 Å². The summed E-state index contributed by atoms with van der Waals surface area (Å²) in [5.41, 5.74) is 13.6. The quantitative estimate of drug-likeness (QED) is 0.376. The van der Waals surface area contributed by atoms with Crippen LogP contribution in [0.3, 0.4) is 0 Å². The summed E-state index contributed by atoms with van der Waals surface area (Å²) < 4.78 is 0. The SMILES string of the molecule is CCc1cc[nH]c1-c1ccc2c(c1-c1[nH]ccc1CC)Cc1ccccc1-2. The van der Waals surface area contributed by atoms with Gasteiger partial charge < -0.3 is 9.97 Å². The van der Waals surface area contributed by atoms with Crippen molar-refractivity contribution in [1.29, 1.82) is 0 Å². The number of hydrogen-bond acceptors (Lipinski definition) is 0. The van der Waals surface area contributed by atoms with Gasteiger partial charge in [-0.1, -0.05) is 50.2 Å².